The normalized spacial score (nSPS) is 15.2. The maximum absolute atomic E-state index is 13.6. The molecule has 172 valence electrons. The number of hydrogen-bond donors (Lipinski definition) is 2. The third-order valence-corrected chi connectivity index (χ3v) is 6.94. The molecule has 0 fully saturated rings. The van der Waals surface area contributed by atoms with Crippen LogP contribution in [0.4, 0.5) is 11.6 Å². The predicted octanol–water partition coefficient (Wildman–Crippen LogP) is 6.71. The fraction of sp³-hybridized carbons (Fsp3) is 0.292. The molecule has 1 atom stereocenters. The van der Waals surface area contributed by atoms with E-state index in [0.717, 1.165) is 24.2 Å². The van der Waals surface area contributed by atoms with Gasteiger partial charge in [-0.3, -0.25) is 4.79 Å². The summed E-state index contributed by atoms with van der Waals surface area (Å²) in [6, 6.07) is 12.4. The van der Waals surface area contributed by atoms with E-state index in [1.54, 1.807) is 34.6 Å². The summed E-state index contributed by atoms with van der Waals surface area (Å²) in [4.78, 5) is 18.2. The van der Waals surface area contributed by atoms with E-state index in [1.165, 1.54) is 0 Å². The SMILES string of the molecule is CCCCSc1nc2n(n1)C(c1c(Cl)cccc1Cl)C(C(=O)Nc1cccc(C)c1)=C(C)N2. The smallest absolute Gasteiger partial charge is 0.255 e. The predicted molar refractivity (Wildman–Crippen MR) is 136 cm³/mol. The van der Waals surface area contributed by atoms with Crippen LogP contribution >= 0.6 is 35.0 Å². The van der Waals surface area contributed by atoms with Gasteiger partial charge < -0.3 is 10.6 Å². The fourth-order valence-corrected chi connectivity index (χ4v) is 5.27. The van der Waals surface area contributed by atoms with Crippen LogP contribution in [0.5, 0.6) is 0 Å². The lowest BCUT2D eigenvalue weighted by Crippen LogP contribution is -2.32. The molecule has 0 spiro atoms. The van der Waals surface area contributed by atoms with Gasteiger partial charge >= 0.3 is 0 Å². The van der Waals surface area contributed by atoms with Gasteiger partial charge in [0.2, 0.25) is 11.1 Å². The number of anilines is 2. The summed E-state index contributed by atoms with van der Waals surface area (Å²) in [5.41, 5.74) is 3.54. The summed E-state index contributed by atoms with van der Waals surface area (Å²) >= 11 is 14.8. The van der Waals surface area contributed by atoms with E-state index < -0.39 is 6.04 Å². The number of fused-ring (bicyclic) bond motifs is 1. The van der Waals surface area contributed by atoms with Gasteiger partial charge in [-0.1, -0.05) is 66.5 Å². The number of halogens is 2. The molecule has 0 saturated carbocycles. The lowest BCUT2D eigenvalue weighted by atomic mass is 9.94. The molecule has 1 aromatic heterocycles. The molecule has 33 heavy (non-hydrogen) atoms. The largest absolute Gasteiger partial charge is 0.328 e. The quantitative estimate of drug-likeness (QED) is 0.278. The minimum absolute atomic E-state index is 0.257. The average molecular weight is 502 g/mol. The van der Waals surface area contributed by atoms with Crippen LogP contribution < -0.4 is 10.6 Å². The number of nitrogens with zero attached hydrogens (tertiary/aromatic N) is 3. The van der Waals surface area contributed by atoms with Crippen LogP contribution in [0, 0.1) is 6.92 Å². The third kappa shape index (κ3) is 5.05. The molecule has 6 nitrogen and oxygen atoms in total. The molecule has 3 aromatic rings. The van der Waals surface area contributed by atoms with Crippen molar-refractivity contribution < 1.29 is 4.79 Å². The summed E-state index contributed by atoms with van der Waals surface area (Å²) < 4.78 is 1.71. The van der Waals surface area contributed by atoms with Crippen molar-refractivity contribution >= 4 is 52.5 Å². The minimum Gasteiger partial charge on any atom is -0.328 e. The summed E-state index contributed by atoms with van der Waals surface area (Å²) in [6.45, 7) is 5.98. The standard InChI is InChI=1S/C24H25Cl2N5OS/c1-4-5-12-33-24-29-23-27-15(3)19(22(32)28-16-9-6-8-14(2)13-16)21(31(23)30-24)20-17(25)10-7-11-18(20)26/h6-11,13,21H,4-5,12H2,1-3H3,(H,28,32)(H,27,29,30). The van der Waals surface area contributed by atoms with E-state index in [0.29, 0.717) is 43.7 Å². The summed E-state index contributed by atoms with van der Waals surface area (Å²) in [6.07, 6.45) is 2.17. The van der Waals surface area contributed by atoms with Crippen LogP contribution in [0.3, 0.4) is 0 Å². The Bertz CT molecular complexity index is 1200. The van der Waals surface area contributed by atoms with Crippen LogP contribution in [-0.4, -0.2) is 26.4 Å². The maximum Gasteiger partial charge on any atom is 0.255 e. The minimum atomic E-state index is -0.625. The van der Waals surface area contributed by atoms with Gasteiger partial charge in [-0.05, 0) is 50.1 Å². The molecule has 0 bridgehead atoms. The first-order chi connectivity index (χ1) is 15.9. The van der Waals surface area contributed by atoms with Crippen molar-refractivity contribution in [1.82, 2.24) is 14.8 Å². The Morgan fingerprint density at radius 3 is 2.61 bits per heavy atom. The zero-order valence-corrected chi connectivity index (χ0v) is 21.0. The van der Waals surface area contributed by atoms with Crippen LogP contribution in [0.25, 0.3) is 0 Å². The van der Waals surface area contributed by atoms with Crippen molar-refractivity contribution in [3.8, 4) is 0 Å². The van der Waals surface area contributed by atoms with Crippen molar-refractivity contribution in [2.45, 2.75) is 44.8 Å². The lowest BCUT2D eigenvalue weighted by molar-refractivity contribution is -0.113. The zero-order valence-electron chi connectivity index (χ0n) is 18.7. The molecule has 1 amide bonds. The van der Waals surface area contributed by atoms with E-state index in [-0.39, 0.29) is 5.91 Å². The first kappa shape index (κ1) is 23.7. The number of hydrogen-bond acceptors (Lipinski definition) is 5. The molecule has 0 radical (unpaired) electrons. The molecule has 2 N–H and O–H groups in total. The number of aromatic nitrogens is 3. The zero-order chi connectivity index (χ0) is 23.5. The maximum atomic E-state index is 13.6. The lowest BCUT2D eigenvalue weighted by Gasteiger charge is -2.29. The first-order valence-electron chi connectivity index (χ1n) is 10.8. The van der Waals surface area contributed by atoms with E-state index in [2.05, 4.69) is 22.5 Å². The van der Waals surface area contributed by atoms with Gasteiger partial charge in [0, 0.05) is 32.7 Å². The molecule has 2 aromatic carbocycles. The Labute approximate surface area is 207 Å². The van der Waals surface area contributed by atoms with Crippen LogP contribution in [-0.2, 0) is 4.79 Å². The van der Waals surface area contributed by atoms with Gasteiger partial charge in [-0.2, -0.15) is 4.98 Å². The summed E-state index contributed by atoms with van der Waals surface area (Å²) in [5, 5.41) is 12.6. The number of amides is 1. The number of carbonyl (C=O) groups excluding carboxylic acids is 1. The highest BCUT2D eigenvalue weighted by Crippen LogP contribution is 2.42. The first-order valence-corrected chi connectivity index (χ1v) is 12.5. The second-order valence-corrected chi connectivity index (χ2v) is 9.77. The highest BCUT2D eigenvalue weighted by atomic mass is 35.5. The van der Waals surface area contributed by atoms with E-state index >= 15 is 0 Å². The Morgan fingerprint density at radius 1 is 1.18 bits per heavy atom. The number of aryl methyl sites for hydroxylation is 1. The van der Waals surface area contributed by atoms with Gasteiger partial charge in [0.1, 0.15) is 6.04 Å². The summed E-state index contributed by atoms with van der Waals surface area (Å²) in [7, 11) is 0. The molecule has 1 aliphatic heterocycles. The molecule has 2 heterocycles. The fourth-order valence-electron chi connectivity index (χ4n) is 3.75. The van der Waals surface area contributed by atoms with Gasteiger partial charge in [0.05, 0.1) is 5.57 Å². The Hall–Kier alpha value is -2.48. The Morgan fingerprint density at radius 2 is 1.91 bits per heavy atom. The molecule has 9 heteroatoms. The van der Waals surface area contributed by atoms with E-state index in [9.17, 15) is 4.79 Å². The molecule has 0 aliphatic carbocycles. The second kappa shape index (κ2) is 10.2. The number of benzene rings is 2. The van der Waals surface area contributed by atoms with Crippen molar-refractivity contribution in [3.63, 3.8) is 0 Å². The van der Waals surface area contributed by atoms with Crippen LogP contribution in [0.15, 0.2) is 58.9 Å². The number of rotatable bonds is 7. The highest BCUT2D eigenvalue weighted by Gasteiger charge is 2.36. The van der Waals surface area contributed by atoms with Crippen molar-refractivity contribution in [3.05, 3.63) is 74.9 Å². The molecular formula is C24H25Cl2N5OS. The second-order valence-electron chi connectivity index (χ2n) is 7.89. The molecular weight excluding hydrogens is 477 g/mol. The monoisotopic (exact) mass is 501 g/mol. The number of unbranched alkanes of at least 4 members (excludes halogenated alkanes) is 1. The Balaban J connectivity index is 1.78. The topological polar surface area (TPSA) is 71.8 Å². The molecule has 4 rings (SSSR count). The van der Waals surface area contributed by atoms with Crippen molar-refractivity contribution in [2.75, 3.05) is 16.4 Å². The van der Waals surface area contributed by atoms with Gasteiger partial charge in [0.25, 0.3) is 5.91 Å². The number of nitrogens with one attached hydrogen (secondary N) is 2. The molecule has 1 unspecified atom stereocenters. The molecule has 1 aliphatic rings. The highest BCUT2D eigenvalue weighted by molar-refractivity contribution is 7.99. The third-order valence-electron chi connectivity index (χ3n) is 5.36. The van der Waals surface area contributed by atoms with E-state index in [1.807, 2.05) is 38.1 Å². The van der Waals surface area contributed by atoms with E-state index in [4.69, 9.17) is 28.3 Å². The van der Waals surface area contributed by atoms with Crippen molar-refractivity contribution in [2.24, 2.45) is 0 Å². The summed E-state index contributed by atoms with van der Waals surface area (Å²) in [5.74, 6) is 1.22. The number of thioether (sulfide) groups is 1. The molecule has 0 saturated heterocycles. The average Bonchev–Trinajstić information content (AvgIpc) is 3.16. The van der Waals surface area contributed by atoms with Gasteiger partial charge in [-0.25, -0.2) is 4.68 Å². The van der Waals surface area contributed by atoms with Crippen LogP contribution in [0.2, 0.25) is 10.0 Å². The van der Waals surface area contributed by atoms with Gasteiger partial charge in [-0.15, -0.1) is 5.10 Å². The van der Waals surface area contributed by atoms with Gasteiger partial charge in [0.15, 0.2) is 0 Å². The van der Waals surface area contributed by atoms with Crippen LogP contribution in [0.1, 0.15) is 43.9 Å². The Kier molecular flexibility index (Phi) is 7.32. The number of carbonyl (C=O) groups is 1. The number of allylic oxidation sites excluding steroid dienone is 1. The van der Waals surface area contributed by atoms with Crippen molar-refractivity contribution in [1.29, 1.82) is 0 Å².